The van der Waals surface area contributed by atoms with Gasteiger partial charge in [-0.3, -0.25) is 4.98 Å². The Morgan fingerprint density at radius 3 is 2.80 bits per heavy atom. The first-order valence-electron chi connectivity index (χ1n) is 6.19. The molecule has 1 aromatic heterocycles. The van der Waals surface area contributed by atoms with E-state index < -0.39 is 0 Å². The fourth-order valence-electron chi connectivity index (χ4n) is 2.04. The summed E-state index contributed by atoms with van der Waals surface area (Å²) in [5.74, 6) is 1.24. The largest absolute Gasteiger partial charge is 0.456 e. The van der Waals surface area contributed by atoms with Crippen molar-refractivity contribution in [1.29, 1.82) is 0 Å². The topological polar surface area (TPSA) is 42.4 Å². The molecule has 3 rings (SSSR count). The van der Waals surface area contributed by atoms with E-state index in [1.54, 1.807) is 24.4 Å². The first-order valence-corrected chi connectivity index (χ1v) is 6.56. The number of aliphatic hydroxyl groups excluding tert-OH is 1. The maximum Gasteiger partial charge on any atom is 0.136 e. The monoisotopic (exact) mass is 285 g/mol. The molecule has 0 saturated carbocycles. The number of hydrogen-bond donors (Lipinski definition) is 1. The van der Waals surface area contributed by atoms with Crippen molar-refractivity contribution in [2.24, 2.45) is 0 Å². The summed E-state index contributed by atoms with van der Waals surface area (Å²) in [6.07, 6.45) is 1.74. The Bertz CT molecular complexity index is 753. The molecule has 0 fully saturated rings. The van der Waals surface area contributed by atoms with Gasteiger partial charge in [-0.2, -0.15) is 0 Å². The molecule has 0 aliphatic carbocycles. The van der Waals surface area contributed by atoms with E-state index in [9.17, 15) is 5.11 Å². The average Bonchev–Trinajstić information content (AvgIpc) is 2.48. The number of aliphatic hydroxyl groups is 1. The lowest BCUT2D eigenvalue weighted by Gasteiger charge is -2.12. The van der Waals surface area contributed by atoms with Crippen LogP contribution in [0.2, 0.25) is 5.02 Å². The van der Waals surface area contributed by atoms with Gasteiger partial charge >= 0.3 is 0 Å². The quantitative estimate of drug-likeness (QED) is 0.785. The molecule has 1 N–H and O–H groups in total. The molecule has 0 atom stereocenters. The van der Waals surface area contributed by atoms with Gasteiger partial charge < -0.3 is 9.84 Å². The van der Waals surface area contributed by atoms with Crippen molar-refractivity contribution in [3.8, 4) is 11.5 Å². The Morgan fingerprint density at radius 2 is 1.95 bits per heavy atom. The van der Waals surface area contributed by atoms with Crippen molar-refractivity contribution in [1.82, 2.24) is 4.98 Å². The van der Waals surface area contributed by atoms with Crippen molar-refractivity contribution in [2.45, 2.75) is 6.61 Å². The first-order chi connectivity index (χ1) is 9.78. The summed E-state index contributed by atoms with van der Waals surface area (Å²) in [5.41, 5.74) is 1.55. The zero-order chi connectivity index (χ0) is 13.9. The number of hydrogen-bond acceptors (Lipinski definition) is 3. The second-order valence-electron chi connectivity index (χ2n) is 4.34. The van der Waals surface area contributed by atoms with Crippen LogP contribution in [0, 0.1) is 0 Å². The van der Waals surface area contributed by atoms with E-state index in [1.807, 2.05) is 30.3 Å². The first kappa shape index (κ1) is 12.9. The molecule has 0 saturated heterocycles. The van der Waals surface area contributed by atoms with Gasteiger partial charge in [-0.25, -0.2) is 0 Å². The molecule has 0 unspecified atom stereocenters. The number of aromatic nitrogens is 1. The van der Waals surface area contributed by atoms with Gasteiger partial charge in [-0.1, -0.05) is 23.7 Å². The summed E-state index contributed by atoms with van der Waals surface area (Å²) in [6, 6.07) is 14.7. The molecular formula is C16H12ClNO2. The predicted octanol–water partition coefficient (Wildman–Crippen LogP) is 4.17. The summed E-state index contributed by atoms with van der Waals surface area (Å²) in [7, 11) is 0. The lowest BCUT2D eigenvalue weighted by Crippen LogP contribution is -1.92. The maximum absolute atomic E-state index is 9.37. The number of pyridine rings is 1. The van der Waals surface area contributed by atoms with Crippen molar-refractivity contribution < 1.29 is 9.84 Å². The van der Waals surface area contributed by atoms with Gasteiger partial charge in [-0.15, -0.1) is 0 Å². The maximum atomic E-state index is 9.37. The average molecular weight is 286 g/mol. The van der Waals surface area contributed by atoms with Crippen molar-refractivity contribution >= 4 is 22.5 Å². The third kappa shape index (κ3) is 2.46. The van der Waals surface area contributed by atoms with Gasteiger partial charge in [0, 0.05) is 22.2 Å². The molecular weight excluding hydrogens is 274 g/mol. The van der Waals surface area contributed by atoms with Crippen LogP contribution in [0.15, 0.2) is 54.7 Å². The molecule has 4 heteroatoms. The molecule has 20 heavy (non-hydrogen) atoms. The number of nitrogens with zero attached hydrogens (tertiary/aromatic N) is 1. The smallest absolute Gasteiger partial charge is 0.136 e. The highest BCUT2D eigenvalue weighted by atomic mass is 35.5. The molecule has 0 radical (unpaired) electrons. The van der Waals surface area contributed by atoms with E-state index in [0.717, 1.165) is 10.9 Å². The van der Waals surface area contributed by atoms with E-state index in [2.05, 4.69) is 4.98 Å². The normalized spacial score (nSPS) is 10.7. The van der Waals surface area contributed by atoms with Gasteiger partial charge in [0.15, 0.2) is 0 Å². The highest BCUT2D eigenvalue weighted by molar-refractivity contribution is 6.30. The zero-order valence-electron chi connectivity index (χ0n) is 10.6. The molecule has 100 valence electrons. The molecule has 3 nitrogen and oxygen atoms in total. The van der Waals surface area contributed by atoms with Crippen molar-refractivity contribution in [3.05, 3.63) is 65.3 Å². The molecule has 1 heterocycles. The highest BCUT2D eigenvalue weighted by Crippen LogP contribution is 2.32. The number of benzene rings is 2. The lowest BCUT2D eigenvalue weighted by molar-refractivity contribution is 0.276. The second-order valence-corrected chi connectivity index (χ2v) is 4.77. The minimum Gasteiger partial charge on any atom is -0.456 e. The zero-order valence-corrected chi connectivity index (χ0v) is 11.3. The Morgan fingerprint density at radius 1 is 1.05 bits per heavy atom. The fourth-order valence-corrected chi connectivity index (χ4v) is 2.20. The Hall–Kier alpha value is -2.10. The standard InChI is InChI=1S/C16H12ClNO2/c17-12-7-6-11(10-19)16(9-12)20-15-5-1-4-14-13(15)3-2-8-18-14/h1-9,19H,10H2. The third-order valence-corrected chi connectivity index (χ3v) is 3.26. The highest BCUT2D eigenvalue weighted by Gasteiger charge is 2.08. The predicted molar refractivity (Wildman–Crippen MR) is 79.2 cm³/mol. The van der Waals surface area contributed by atoms with E-state index in [1.165, 1.54) is 0 Å². The number of rotatable bonds is 3. The van der Waals surface area contributed by atoms with Crippen LogP contribution in [0.5, 0.6) is 11.5 Å². The number of halogens is 1. The van der Waals surface area contributed by atoms with Crippen molar-refractivity contribution in [2.75, 3.05) is 0 Å². The van der Waals surface area contributed by atoms with Crippen LogP contribution in [-0.2, 0) is 6.61 Å². The van der Waals surface area contributed by atoms with Gasteiger partial charge in [0.1, 0.15) is 11.5 Å². The minimum atomic E-state index is -0.102. The van der Waals surface area contributed by atoms with E-state index in [4.69, 9.17) is 16.3 Å². The molecule has 3 aromatic rings. The second kappa shape index (κ2) is 5.49. The molecule has 0 aliphatic rings. The Balaban J connectivity index is 2.07. The third-order valence-electron chi connectivity index (χ3n) is 3.03. The molecule has 0 aliphatic heterocycles. The molecule has 0 bridgehead atoms. The Kier molecular flexibility index (Phi) is 3.54. The molecule has 0 spiro atoms. The molecule has 2 aromatic carbocycles. The summed E-state index contributed by atoms with van der Waals surface area (Å²) >= 11 is 5.98. The van der Waals surface area contributed by atoms with Crippen LogP contribution in [0.3, 0.4) is 0 Å². The van der Waals surface area contributed by atoms with E-state index in [0.29, 0.717) is 22.1 Å². The van der Waals surface area contributed by atoms with Crippen molar-refractivity contribution in [3.63, 3.8) is 0 Å². The summed E-state index contributed by atoms with van der Waals surface area (Å²) in [5, 5.41) is 10.8. The van der Waals surface area contributed by atoms with Gasteiger partial charge in [0.2, 0.25) is 0 Å². The SMILES string of the molecule is OCc1ccc(Cl)cc1Oc1cccc2ncccc12. The minimum absolute atomic E-state index is 0.102. The van der Waals surface area contributed by atoms with Crippen LogP contribution in [0.4, 0.5) is 0 Å². The fraction of sp³-hybridized carbons (Fsp3) is 0.0625. The lowest BCUT2D eigenvalue weighted by atomic mass is 10.2. The van der Waals surface area contributed by atoms with Crippen LogP contribution in [0.25, 0.3) is 10.9 Å². The van der Waals surface area contributed by atoms with E-state index >= 15 is 0 Å². The number of fused-ring (bicyclic) bond motifs is 1. The molecule has 0 amide bonds. The Labute approximate surface area is 121 Å². The van der Waals surface area contributed by atoms with E-state index in [-0.39, 0.29) is 6.61 Å². The van der Waals surface area contributed by atoms with Crippen LogP contribution < -0.4 is 4.74 Å². The summed E-state index contributed by atoms with van der Waals surface area (Å²) in [6.45, 7) is -0.102. The van der Waals surface area contributed by atoms with Crippen LogP contribution >= 0.6 is 11.6 Å². The van der Waals surface area contributed by atoms with Crippen LogP contribution in [0.1, 0.15) is 5.56 Å². The van der Waals surface area contributed by atoms with Crippen LogP contribution in [-0.4, -0.2) is 10.1 Å². The summed E-state index contributed by atoms with van der Waals surface area (Å²) < 4.78 is 5.91. The van der Waals surface area contributed by atoms with Gasteiger partial charge in [0.05, 0.1) is 12.1 Å². The summed E-state index contributed by atoms with van der Waals surface area (Å²) in [4.78, 5) is 4.29. The number of ether oxygens (including phenoxy) is 1. The van der Waals surface area contributed by atoms with Gasteiger partial charge in [-0.05, 0) is 36.4 Å². The van der Waals surface area contributed by atoms with Gasteiger partial charge in [0.25, 0.3) is 0 Å².